The maximum absolute atomic E-state index is 14.4. The van der Waals surface area contributed by atoms with Crippen molar-refractivity contribution in [2.75, 3.05) is 39.3 Å². The molecule has 0 bridgehead atoms. The molecule has 34 heavy (non-hydrogen) atoms. The van der Waals surface area contributed by atoms with E-state index in [1.54, 1.807) is 35.4 Å². The summed E-state index contributed by atoms with van der Waals surface area (Å²) < 4.78 is 19.9. The molecule has 2 fully saturated rings. The third-order valence-electron chi connectivity index (χ3n) is 6.40. The number of aromatic nitrogens is 1. The van der Waals surface area contributed by atoms with E-state index in [9.17, 15) is 14.0 Å². The van der Waals surface area contributed by atoms with E-state index in [4.69, 9.17) is 4.74 Å². The molecule has 180 valence electrons. The Balaban J connectivity index is 1.25. The van der Waals surface area contributed by atoms with Gasteiger partial charge in [0.15, 0.2) is 11.6 Å². The number of amides is 2. The standard InChI is InChI=1S/C26H31FN4O3/c1-20-5-2-3-12-31(20)26(33)19-29-13-15-30(16-14-29)25(32)10-8-21-7-9-24(23(27)17-21)34-22-6-4-11-28-18-22/h4,6-11,17-18,20H,2-3,5,12-16,19H2,1H3/b10-8+. The first-order valence-electron chi connectivity index (χ1n) is 11.9. The Hall–Kier alpha value is -3.26. The number of rotatable bonds is 6. The first kappa shape index (κ1) is 23.9. The molecule has 1 aromatic heterocycles. The minimum absolute atomic E-state index is 0.0982. The van der Waals surface area contributed by atoms with Crippen LogP contribution in [0.15, 0.2) is 48.8 Å². The minimum Gasteiger partial charge on any atom is -0.453 e. The number of likely N-dealkylation sites (tertiary alicyclic amines) is 1. The maximum Gasteiger partial charge on any atom is 0.246 e. The fraction of sp³-hybridized carbons (Fsp3) is 0.423. The van der Waals surface area contributed by atoms with Crippen LogP contribution in [-0.2, 0) is 9.59 Å². The molecule has 1 atom stereocenters. The monoisotopic (exact) mass is 466 g/mol. The second kappa shape index (κ2) is 11.2. The Morgan fingerprint density at radius 1 is 1.15 bits per heavy atom. The molecule has 2 aliphatic rings. The smallest absolute Gasteiger partial charge is 0.246 e. The van der Waals surface area contributed by atoms with Gasteiger partial charge in [-0.2, -0.15) is 0 Å². The predicted octanol–water partition coefficient (Wildman–Crippen LogP) is 3.57. The number of nitrogens with zero attached hydrogens (tertiary/aromatic N) is 4. The van der Waals surface area contributed by atoms with Gasteiger partial charge in [-0.25, -0.2) is 4.39 Å². The fourth-order valence-electron chi connectivity index (χ4n) is 4.39. The maximum atomic E-state index is 14.4. The molecule has 2 aromatic rings. The highest BCUT2D eigenvalue weighted by atomic mass is 19.1. The average Bonchev–Trinajstić information content (AvgIpc) is 2.85. The molecule has 2 saturated heterocycles. The summed E-state index contributed by atoms with van der Waals surface area (Å²) in [5.74, 6) is 0.101. The van der Waals surface area contributed by atoms with Crippen LogP contribution in [0, 0.1) is 5.82 Å². The Labute approximate surface area is 199 Å². The van der Waals surface area contributed by atoms with Crippen molar-refractivity contribution in [3.8, 4) is 11.5 Å². The topological polar surface area (TPSA) is 66.0 Å². The number of hydrogen-bond acceptors (Lipinski definition) is 5. The molecule has 7 nitrogen and oxygen atoms in total. The first-order chi connectivity index (χ1) is 16.5. The van der Waals surface area contributed by atoms with Gasteiger partial charge >= 0.3 is 0 Å². The van der Waals surface area contributed by atoms with E-state index in [0.717, 1.165) is 19.4 Å². The molecule has 0 radical (unpaired) electrons. The number of hydrogen-bond donors (Lipinski definition) is 0. The van der Waals surface area contributed by atoms with E-state index in [2.05, 4.69) is 16.8 Å². The Kier molecular flexibility index (Phi) is 7.90. The number of carbonyl (C=O) groups excluding carboxylic acids is 2. The molecule has 2 aliphatic heterocycles. The predicted molar refractivity (Wildman–Crippen MR) is 128 cm³/mol. The second-order valence-electron chi connectivity index (χ2n) is 8.85. The van der Waals surface area contributed by atoms with E-state index < -0.39 is 5.82 Å². The van der Waals surface area contributed by atoms with Crippen LogP contribution in [0.3, 0.4) is 0 Å². The van der Waals surface area contributed by atoms with Crippen LogP contribution in [0.4, 0.5) is 4.39 Å². The first-order valence-corrected chi connectivity index (χ1v) is 11.9. The molecule has 2 amide bonds. The number of benzene rings is 1. The summed E-state index contributed by atoms with van der Waals surface area (Å²) in [6.07, 6.45) is 9.54. The van der Waals surface area contributed by atoms with Gasteiger partial charge in [-0.1, -0.05) is 6.07 Å². The van der Waals surface area contributed by atoms with Gasteiger partial charge < -0.3 is 14.5 Å². The Morgan fingerprint density at radius 3 is 2.68 bits per heavy atom. The summed E-state index contributed by atoms with van der Waals surface area (Å²) in [5.41, 5.74) is 0.573. The highest BCUT2D eigenvalue weighted by Crippen LogP contribution is 2.25. The minimum atomic E-state index is -0.514. The lowest BCUT2D eigenvalue weighted by molar-refractivity contribution is -0.136. The number of halogens is 1. The van der Waals surface area contributed by atoms with Gasteiger partial charge in [0.2, 0.25) is 11.8 Å². The third-order valence-corrected chi connectivity index (χ3v) is 6.40. The molecular weight excluding hydrogens is 435 g/mol. The van der Waals surface area contributed by atoms with Crippen molar-refractivity contribution < 1.29 is 18.7 Å². The lowest BCUT2D eigenvalue weighted by Crippen LogP contribution is -2.52. The molecule has 4 rings (SSSR count). The fourth-order valence-corrected chi connectivity index (χ4v) is 4.39. The van der Waals surface area contributed by atoms with Gasteiger partial charge in [-0.3, -0.25) is 19.5 Å². The summed E-state index contributed by atoms with van der Waals surface area (Å²) in [6.45, 7) is 5.85. The number of piperazine rings is 1. The van der Waals surface area contributed by atoms with Crippen LogP contribution in [-0.4, -0.2) is 76.8 Å². The van der Waals surface area contributed by atoms with Crippen molar-refractivity contribution in [2.24, 2.45) is 0 Å². The van der Waals surface area contributed by atoms with Crippen molar-refractivity contribution in [3.63, 3.8) is 0 Å². The molecular formula is C26H31FN4O3. The Morgan fingerprint density at radius 2 is 1.97 bits per heavy atom. The number of piperidine rings is 1. The quantitative estimate of drug-likeness (QED) is 0.609. The second-order valence-corrected chi connectivity index (χ2v) is 8.85. The highest BCUT2D eigenvalue weighted by Gasteiger charge is 2.26. The largest absolute Gasteiger partial charge is 0.453 e. The lowest BCUT2D eigenvalue weighted by atomic mass is 10.0. The zero-order valence-corrected chi connectivity index (χ0v) is 19.5. The van der Waals surface area contributed by atoms with E-state index in [1.165, 1.54) is 30.8 Å². The van der Waals surface area contributed by atoms with E-state index >= 15 is 0 Å². The van der Waals surface area contributed by atoms with Gasteiger partial charge in [-0.05, 0) is 62.1 Å². The van der Waals surface area contributed by atoms with Crippen LogP contribution in [0.5, 0.6) is 11.5 Å². The summed E-state index contributed by atoms with van der Waals surface area (Å²) in [4.78, 5) is 35.1. The average molecular weight is 467 g/mol. The van der Waals surface area contributed by atoms with Gasteiger partial charge in [0.25, 0.3) is 0 Å². The van der Waals surface area contributed by atoms with Gasteiger partial charge in [0, 0.05) is 51.0 Å². The SMILES string of the molecule is CC1CCCCN1C(=O)CN1CCN(C(=O)/C=C/c2ccc(Oc3cccnc3)c(F)c2)CC1. The zero-order chi connectivity index (χ0) is 23.9. The van der Waals surface area contributed by atoms with E-state index in [-0.39, 0.29) is 17.6 Å². The molecule has 0 N–H and O–H groups in total. The highest BCUT2D eigenvalue weighted by molar-refractivity contribution is 5.91. The molecule has 0 aliphatic carbocycles. The molecule has 0 saturated carbocycles. The summed E-state index contributed by atoms with van der Waals surface area (Å²) >= 11 is 0. The van der Waals surface area contributed by atoms with Crippen LogP contribution < -0.4 is 4.74 Å². The van der Waals surface area contributed by atoms with Crippen LogP contribution in [0.25, 0.3) is 6.08 Å². The van der Waals surface area contributed by atoms with Crippen molar-refractivity contribution in [3.05, 3.63) is 60.2 Å². The summed E-state index contributed by atoms with van der Waals surface area (Å²) in [6, 6.07) is 8.29. The van der Waals surface area contributed by atoms with Crippen LogP contribution >= 0.6 is 0 Å². The van der Waals surface area contributed by atoms with Crippen molar-refractivity contribution in [1.29, 1.82) is 0 Å². The normalized spacial score (nSPS) is 19.4. The van der Waals surface area contributed by atoms with Gasteiger partial charge in [0.05, 0.1) is 12.7 Å². The molecule has 3 heterocycles. The molecule has 0 spiro atoms. The number of carbonyl (C=O) groups is 2. The summed E-state index contributed by atoms with van der Waals surface area (Å²) in [5, 5.41) is 0. The Bertz CT molecular complexity index is 1020. The van der Waals surface area contributed by atoms with Gasteiger partial charge in [-0.15, -0.1) is 0 Å². The van der Waals surface area contributed by atoms with Crippen molar-refractivity contribution in [1.82, 2.24) is 19.7 Å². The van der Waals surface area contributed by atoms with E-state index in [0.29, 0.717) is 50.1 Å². The number of pyridine rings is 1. The molecule has 8 heteroatoms. The van der Waals surface area contributed by atoms with E-state index in [1.807, 2.05) is 4.90 Å². The van der Waals surface area contributed by atoms with Crippen LogP contribution in [0.2, 0.25) is 0 Å². The number of ether oxygens (including phenoxy) is 1. The van der Waals surface area contributed by atoms with Gasteiger partial charge in [0.1, 0.15) is 5.75 Å². The van der Waals surface area contributed by atoms with Crippen LogP contribution in [0.1, 0.15) is 31.7 Å². The zero-order valence-electron chi connectivity index (χ0n) is 19.5. The lowest BCUT2D eigenvalue weighted by Gasteiger charge is -2.37. The third kappa shape index (κ3) is 6.20. The molecule has 1 aromatic carbocycles. The van der Waals surface area contributed by atoms with Crippen molar-refractivity contribution in [2.45, 2.75) is 32.2 Å². The molecule has 1 unspecified atom stereocenters. The van der Waals surface area contributed by atoms with Crippen molar-refractivity contribution >= 4 is 17.9 Å². The summed E-state index contributed by atoms with van der Waals surface area (Å²) in [7, 11) is 0.